The van der Waals surface area contributed by atoms with Crippen molar-refractivity contribution in [2.75, 3.05) is 43.0 Å². The molecule has 0 saturated carbocycles. The summed E-state index contributed by atoms with van der Waals surface area (Å²) in [7, 11) is -4.52. The number of hydrogen-bond donors (Lipinski definition) is 4. The first-order chi connectivity index (χ1) is 22.8. The Morgan fingerprint density at radius 1 is 1.23 bits per heavy atom. The van der Waals surface area contributed by atoms with Crippen molar-refractivity contribution in [1.29, 1.82) is 0 Å². The van der Waals surface area contributed by atoms with E-state index in [0.717, 1.165) is 11.5 Å². The van der Waals surface area contributed by atoms with Crippen LogP contribution in [0.5, 0.6) is 11.6 Å². The highest BCUT2D eigenvalue weighted by Crippen LogP contribution is 2.46. The number of nitrogens with two attached hydrogens (primary N) is 1. The molecule has 252 valence electrons. The number of carbonyl (C=O) groups excluding carboxylic acids is 1. The van der Waals surface area contributed by atoms with E-state index in [1.807, 2.05) is 6.92 Å². The van der Waals surface area contributed by atoms with E-state index in [4.69, 9.17) is 15.2 Å². The Morgan fingerprint density at radius 2 is 2.00 bits per heavy atom. The Morgan fingerprint density at radius 3 is 2.73 bits per heavy atom. The highest BCUT2D eigenvalue weighted by atomic mass is 32.2. The average molecular weight is 678 g/mol. The lowest BCUT2D eigenvalue weighted by atomic mass is 9.93. The van der Waals surface area contributed by atoms with Crippen molar-refractivity contribution in [3.05, 3.63) is 64.3 Å². The van der Waals surface area contributed by atoms with Crippen LogP contribution in [0.25, 0.3) is 11.0 Å². The number of likely N-dealkylation sites (tertiary alicyclic amines) is 1. The van der Waals surface area contributed by atoms with Gasteiger partial charge in [0.25, 0.3) is 11.6 Å². The molecule has 1 amide bonds. The van der Waals surface area contributed by atoms with E-state index >= 15 is 0 Å². The van der Waals surface area contributed by atoms with Crippen molar-refractivity contribution in [3.63, 3.8) is 0 Å². The molecule has 3 aliphatic heterocycles. The standard InChI is InChI=1S/C32H35N7O8S/c1-18-15-38(24-12-19-6-9-34-30(19)36-31(24)47-18)28-22(29(33)40)4-3-5-26(28)48(44,45)21-13-23(39(42)43)27-25(14-21)46-17-20(35-27)16-37-10-7-32(2,41)8-11-37/h3-6,9,12-14,18,20,35,41H,7-8,10-11,15-17H2,1-2H3,(H2,33,40)(H,34,36)/t18-,20-/m1/s1. The van der Waals surface area contributed by atoms with Gasteiger partial charge < -0.3 is 40.4 Å². The number of primary amides is 1. The Kier molecular flexibility index (Phi) is 7.68. The van der Waals surface area contributed by atoms with Crippen molar-refractivity contribution < 1.29 is 32.7 Å². The molecule has 15 nitrogen and oxygen atoms in total. The summed E-state index contributed by atoms with van der Waals surface area (Å²) in [4.78, 5) is 35.2. The molecule has 5 heterocycles. The number of rotatable bonds is 7. The number of piperidine rings is 1. The second-order valence-corrected chi connectivity index (χ2v) is 14.7. The minimum absolute atomic E-state index is 0.0121. The number of aromatic amines is 1. The van der Waals surface area contributed by atoms with E-state index in [2.05, 4.69) is 20.2 Å². The highest BCUT2D eigenvalue weighted by Gasteiger charge is 2.37. The Balaban J connectivity index is 1.29. The maximum atomic E-state index is 14.5. The lowest BCUT2D eigenvalue weighted by Gasteiger charge is -2.38. The van der Waals surface area contributed by atoms with Gasteiger partial charge >= 0.3 is 0 Å². The fraction of sp³-hybridized carbons (Fsp3) is 0.375. The van der Waals surface area contributed by atoms with Crippen LogP contribution in [0.1, 0.15) is 37.0 Å². The van der Waals surface area contributed by atoms with Gasteiger partial charge in [0.15, 0.2) is 11.4 Å². The van der Waals surface area contributed by atoms with Crippen LogP contribution in [-0.2, 0) is 9.84 Å². The third kappa shape index (κ3) is 5.65. The number of nitro benzene ring substituents is 1. The van der Waals surface area contributed by atoms with Crippen LogP contribution in [-0.4, -0.2) is 89.8 Å². The molecule has 16 heteroatoms. The van der Waals surface area contributed by atoms with Crippen LogP contribution in [0.15, 0.2) is 58.5 Å². The van der Waals surface area contributed by atoms with Gasteiger partial charge in [0, 0.05) is 43.4 Å². The molecule has 1 fully saturated rings. The van der Waals surface area contributed by atoms with Crippen LogP contribution in [0, 0.1) is 10.1 Å². The van der Waals surface area contributed by atoms with Gasteiger partial charge in [0.1, 0.15) is 24.0 Å². The van der Waals surface area contributed by atoms with E-state index < -0.39 is 38.1 Å². The summed E-state index contributed by atoms with van der Waals surface area (Å²) in [6, 6.07) is 9.74. The number of sulfone groups is 1. The smallest absolute Gasteiger partial charge is 0.297 e. The third-order valence-electron chi connectivity index (χ3n) is 9.11. The number of ether oxygens (including phenoxy) is 2. The topological polar surface area (TPSA) is 206 Å². The molecular weight excluding hydrogens is 642 g/mol. The predicted molar refractivity (Wildman–Crippen MR) is 176 cm³/mol. The number of H-pyrrole nitrogens is 1. The number of nitrogens with zero attached hydrogens (tertiary/aromatic N) is 4. The first-order valence-electron chi connectivity index (χ1n) is 15.6. The van der Waals surface area contributed by atoms with Gasteiger partial charge in [-0.2, -0.15) is 4.98 Å². The summed E-state index contributed by atoms with van der Waals surface area (Å²) in [6.07, 6.45) is 2.48. The lowest BCUT2D eigenvalue weighted by Crippen LogP contribution is -2.48. The molecule has 2 aromatic carbocycles. The molecule has 0 unspecified atom stereocenters. The normalized spacial score (nSPS) is 20.6. The second kappa shape index (κ2) is 11.6. The van der Waals surface area contributed by atoms with E-state index in [-0.39, 0.29) is 57.6 Å². The van der Waals surface area contributed by atoms with Crippen molar-refractivity contribution >= 4 is 49.5 Å². The van der Waals surface area contributed by atoms with Crippen LogP contribution >= 0.6 is 0 Å². The highest BCUT2D eigenvalue weighted by molar-refractivity contribution is 7.91. The second-order valence-electron chi connectivity index (χ2n) is 12.8. The summed E-state index contributed by atoms with van der Waals surface area (Å²) < 4.78 is 41.0. The summed E-state index contributed by atoms with van der Waals surface area (Å²) in [5.41, 5.74) is 5.66. The zero-order chi connectivity index (χ0) is 34.0. The number of nitro groups is 1. The van der Waals surface area contributed by atoms with Gasteiger partial charge in [-0.25, -0.2) is 8.42 Å². The first-order valence-corrected chi connectivity index (χ1v) is 17.1. The molecule has 2 atom stereocenters. The summed E-state index contributed by atoms with van der Waals surface area (Å²) in [6.45, 7) is 5.76. The van der Waals surface area contributed by atoms with E-state index in [1.165, 1.54) is 24.3 Å². The van der Waals surface area contributed by atoms with E-state index in [1.54, 1.807) is 30.2 Å². The molecule has 4 aromatic rings. The lowest BCUT2D eigenvalue weighted by molar-refractivity contribution is -0.384. The molecule has 7 rings (SSSR count). The van der Waals surface area contributed by atoms with E-state index in [0.29, 0.717) is 43.8 Å². The van der Waals surface area contributed by atoms with Gasteiger partial charge in [-0.05, 0) is 51.0 Å². The number of hydrogen-bond acceptors (Lipinski definition) is 12. The van der Waals surface area contributed by atoms with Crippen LogP contribution in [0.2, 0.25) is 0 Å². The largest absolute Gasteiger partial charge is 0.489 e. The number of aromatic nitrogens is 2. The quantitative estimate of drug-likeness (QED) is 0.164. The molecule has 2 aromatic heterocycles. The van der Waals surface area contributed by atoms with Crippen molar-refractivity contribution in [3.8, 4) is 11.6 Å². The van der Waals surface area contributed by atoms with Gasteiger partial charge in [0.2, 0.25) is 15.7 Å². The Bertz CT molecular complexity index is 2050. The molecule has 0 spiro atoms. The SMILES string of the molecule is C[C@@H]1CN(c2c(C(N)=O)cccc2S(=O)(=O)c2cc3c(c([N+](=O)[O-])c2)N[C@H](CN2CCC(C)(O)CC2)CO3)c2cc3cc[nH]c3nc2O1. The number of nitrogens with one attached hydrogen (secondary N) is 2. The fourth-order valence-corrected chi connectivity index (χ4v) is 8.09. The van der Waals surface area contributed by atoms with Gasteiger partial charge in [0.05, 0.1) is 44.2 Å². The molecule has 5 N–H and O–H groups in total. The maximum Gasteiger partial charge on any atom is 0.297 e. The molecule has 1 saturated heterocycles. The van der Waals surface area contributed by atoms with Gasteiger partial charge in [-0.1, -0.05) is 6.07 Å². The predicted octanol–water partition coefficient (Wildman–Crippen LogP) is 3.34. The Labute approximate surface area is 275 Å². The number of carbonyl (C=O) groups is 1. The molecule has 0 radical (unpaired) electrons. The molecular formula is C32H35N7O8S. The first kappa shape index (κ1) is 31.7. The molecule has 3 aliphatic rings. The number of pyridine rings is 1. The minimum atomic E-state index is -4.52. The van der Waals surface area contributed by atoms with Crippen molar-refractivity contribution in [2.45, 2.75) is 54.2 Å². The zero-order valence-electron chi connectivity index (χ0n) is 26.3. The maximum absolute atomic E-state index is 14.5. The van der Waals surface area contributed by atoms with Crippen LogP contribution < -0.4 is 25.4 Å². The van der Waals surface area contributed by atoms with E-state index in [9.17, 15) is 28.4 Å². The van der Waals surface area contributed by atoms with Crippen LogP contribution in [0.4, 0.5) is 22.7 Å². The number of benzene rings is 2. The zero-order valence-corrected chi connectivity index (χ0v) is 27.1. The summed E-state index contributed by atoms with van der Waals surface area (Å²) in [5.74, 6) is -0.594. The Hall–Kier alpha value is -4.93. The van der Waals surface area contributed by atoms with Crippen molar-refractivity contribution in [1.82, 2.24) is 14.9 Å². The van der Waals surface area contributed by atoms with Gasteiger partial charge in [-0.3, -0.25) is 14.9 Å². The fourth-order valence-electron chi connectivity index (χ4n) is 6.57. The number of aliphatic hydroxyl groups is 1. The number of amides is 1. The van der Waals surface area contributed by atoms with Crippen LogP contribution in [0.3, 0.4) is 0 Å². The number of anilines is 3. The monoisotopic (exact) mass is 677 g/mol. The average Bonchev–Trinajstić information content (AvgIpc) is 3.50. The third-order valence-corrected chi connectivity index (χ3v) is 10.9. The molecule has 0 aliphatic carbocycles. The summed E-state index contributed by atoms with van der Waals surface area (Å²) >= 11 is 0. The minimum Gasteiger partial charge on any atom is -0.489 e. The summed E-state index contributed by atoms with van der Waals surface area (Å²) in [5, 5.41) is 26.6. The molecule has 48 heavy (non-hydrogen) atoms. The number of para-hydroxylation sites is 1. The number of fused-ring (bicyclic) bond motifs is 3. The van der Waals surface area contributed by atoms with Crippen molar-refractivity contribution in [2.24, 2.45) is 5.73 Å². The van der Waals surface area contributed by atoms with Gasteiger partial charge in [-0.15, -0.1) is 0 Å². The molecule has 0 bridgehead atoms.